The molecule has 0 saturated heterocycles. The number of carbonyl (C=O) groups is 2. The molecule has 0 radical (unpaired) electrons. The van der Waals surface area contributed by atoms with E-state index in [2.05, 4.69) is 15.1 Å². The number of hydrogen-bond acceptors (Lipinski definition) is 5. The number of aromatic amines is 1. The van der Waals surface area contributed by atoms with Gasteiger partial charge in [-0.2, -0.15) is 5.10 Å². The van der Waals surface area contributed by atoms with Crippen LogP contribution in [-0.4, -0.2) is 37.9 Å². The molecule has 0 saturated carbocycles. The molecule has 3 aromatic heterocycles. The first-order chi connectivity index (χ1) is 11.0. The van der Waals surface area contributed by atoms with E-state index in [0.29, 0.717) is 16.9 Å². The van der Waals surface area contributed by atoms with Crippen LogP contribution in [0.2, 0.25) is 0 Å². The highest BCUT2D eigenvalue weighted by Crippen LogP contribution is 2.15. The lowest BCUT2D eigenvalue weighted by Crippen LogP contribution is -2.15. The first kappa shape index (κ1) is 15.0. The zero-order chi connectivity index (χ0) is 16.6. The van der Waals surface area contributed by atoms with Crippen molar-refractivity contribution >= 4 is 17.4 Å². The third-order valence-corrected chi connectivity index (χ3v) is 3.56. The Labute approximate surface area is 132 Å². The average molecular weight is 312 g/mol. The Morgan fingerprint density at radius 1 is 1.30 bits per heavy atom. The van der Waals surface area contributed by atoms with E-state index in [9.17, 15) is 9.59 Å². The number of ketones is 1. The molecule has 3 heterocycles. The van der Waals surface area contributed by atoms with E-state index in [1.807, 2.05) is 6.92 Å². The van der Waals surface area contributed by atoms with E-state index in [0.717, 1.165) is 11.4 Å². The maximum atomic E-state index is 12.3. The van der Waals surface area contributed by atoms with Crippen molar-refractivity contribution in [2.24, 2.45) is 0 Å². The van der Waals surface area contributed by atoms with Crippen LogP contribution in [0.15, 0.2) is 24.5 Å². The summed E-state index contributed by atoms with van der Waals surface area (Å²) in [6.07, 6.45) is 3.27. The van der Waals surface area contributed by atoms with Crippen molar-refractivity contribution in [2.45, 2.75) is 20.8 Å². The Morgan fingerprint density at radius 3 is 2.78 bits per heavy atom. The summed E-state index contributed by atoms with van der Waals surface area (Å²) >= 11 is 0. The van der Waals surface area contributed by atoms with Crippen LogP contribution >= 0.6 is 0 Å². The van der Waals surface area contributed by atoms with Gasteiger partial charge in [0.05, 0.1) is 5.69 Å². The van der Waals surface area contributed by atoms with Gasteiger partial charge < -0.3 is 9.72 Å². The molecule has 0 unspecified atom stereocenters. The van der Waals surface area contributed by atoms with Crippen LogP contribution in [0.25, 0.3) is 5.65 Å². The quantitative estimate of drug-likeness (QED) is 0.588. The Bertz CT molecular complexity index is 907. The lowest BCUT2D eigenvalue weighted by atomic mass is 10.1. The Balaban J connectivity index is 1.78. The van der Waals surface area contributed by atoms with Crippen molar-refractivity contribution in [1.29, 1.82) is 0 Å². The summed E-state index contributed by atoms with van der Waals surface area (Å²) < 4.78 is 6.67. The minimum Gasteiger partial charge on any atom is -0.454 e. The molecule has 3 aromatic rings. The molecule has 0 fully saturated rings. The molecule has 0 spiro atoms. The van der Waals surface area contributed by atoms with E-state index in [4.69, 9.17) is 4.74 Å². The Kier molecular flexibility index (Phi) is 3.69. The second-order valence-electron chi connectivity index (χ2n) is 5.34. The normalized spacial score (nSPS) is 10.9. The molecule has 0 aliphatic heterocycles. The summed E-state index contributed by atoms with van der Waals surface area (Å²) in [5.74, 6) is -0.850. The van der Waals surface area contributed by atoms with E-state index < -0.39 is 5.97 Å². The summed E-state index contributed by atoms with van der Waals surface area (Å²) in [5.41, 5.74) is 3.38. The smallest absolute Gasteiger partial charge is 0.344 e. The topological polar surface area (TPSA) is 89.3 Å². The minimum absolute atomic E-state index is 0.248. The molecule has 7 nitrogen and oxygen atoms in total. The van der Waals surface area contributed by atoms with Crippen LogP contribution in [0.3, 0.4) is 0 Å². The number of nitrogens with one attached hydrogen (secondary N) is 1. The maximum absolute atomic E-state index is 12.3. The molecule has 0 bridgehead atoms. The highest BCUT2D eigenvalue weighted by Gasteiger charge is 2.21. The molecule has 0 aliphatic carbocycles. The van der Waals surface area contributed by atoms with Crippen molar-refractivity contribution in [3.63, 3.8) is 0 Å². The Hall–Kier alpha value is -2.96. The molecule has 23 heavy (non-hydrogen) atoms. The zero-order valence-electron chi connectivity index (χ0n) is 13.1. The molecule has 1 N–H and O–H groups in total. The number of hydrogen-bond donors (Lipinski definition) is 1. The number of nitrogens with zero attached hydrogens (tertiary/aromatic N) is 3. The van der Waals surface area contributed by atoms with Crippen LogP contribution in [0.5, 0.6) is 0 Å². The largest absolute Gasteiger partial charge is 0.454 e. The van der Waals surface area contributed by atoms with E-state index in [1.165, 1.54) is 4.52 Å². The zero-order valence-corrected chi connectivity index (χ0v) is 13.1. The highest BCUT2D eigenvalue weighted by atomic mass is 16.5. The molecular weight excluding hydrogens is 296 g/mol. The van der Waals surface area contributed by atoms with Crippen molar-refractivity contribution in [1.82, 2.24) is 19.6 Å². The van der Waals surface area contributed by atoms with E-state index in [1.54, 1.807) is 38.4 Å². The van der Waals surface area contributed by atoms with Crippen LogP contribution in [0.4, 0.5) is 0 Å². The molecule has 0 atom stereocenters. The van der Waals surface area contributed by atoms with Crippen molar-refractivity contribution < 1.29 is 14.3 Å². The Morgan fingerprint density at radius 2 is 2.09 bits per heavy atom. The number of Topliss-reactive ketones (excluding diaryl/α,β-unsaturated/α-hetero) is 1. The van der Waals surface area contributed by atoms with Crippen LogP contribution in [-0.2, 0) is 4.74 Å². The van der Waals surface area contributed by atoms with Gasteiger partial charge in [-0.3, -0.25) is 4.79 Å². The van der Waals surface area contributed by atoms with Gasteiger partial charge in [0, 0.05) is 29.3 Å². The molecule has 0 amide bonds. The lowest BCUT2D eigenvalue weighted by molar-refractivity contribution is 0.0475. The number of carbonyl (C=O) groups excluding carboxylic acids is 2. The van der Waals surface area contributed by atoms with E-state index >= 15 is 0 Å². The molecular formula is C16H16N4O3. The fourth-order valence-electron chi connectivity index (χ4n) is 2.53. The number of aromatic nitrogens is 4. The number of H-pyrrole nitrogens is 1. The van der Waals surface area contributed by atoms with Crippen LogP contribution < -0.4 is 0 Å². The van der Waals surface area contributed by atoms with Crippen LogP contribution in [0.1, 0.15) is 37.8 Å². The number of ether oxygens (including phenoxy) is 1. The van der Waals surface area contributed by atoms with E-state index in [-0.39, 0.29) is 18.0 Å². The standard InChI is InChI=1S/C16H16N4O3/c1-9-7-12(10(2)18-9)13(21)8-23-16(22)14-11(3)19-20-6-4-5-17-15(14)20/h4-7,18H,8H2,1-3H3. The maximum Gasteiger partial charge on any atom is 0.344 e. The first-order valence-corrected chi connectivity index (χ1v) is 7.14. The number of aryl methyl sites for hydroxylation is 3. The molecule has 3 rings (SSSR count). The van der Waals surface area contributed by atoms with Gasteiger partial charge in [0.1, 0.15) is 5.56 Å². The molecule has 7 heteroatoms. The summed E-state index contributed by atoms with van der Waals surface area (Å²) in [7, 11) is 0. The summed E-state index contributed by atoms with van der Waals surface area (Å²) in [5, 5.41) is 4.20. The van der Waals surface area contributed by atoms with Crippen molar-refractivity contribution in [3.8, 4) is 0 Å². The van der Waals surface area contributed by atoms with Crippen molar-refractivity contribution in [3.05, 3.63) is 52.7 Å². The van der Waals surface area contributed by atoms with Gasteiger partial charge in [-0.15, -0.1) is 0 Å². The minimum atomic E-state index is -0.602. The summed E-state index contributed by atoms with van der Waals surface area (Å²) in [6, 6.07) is 3.46. The van der Waals surface area contributed by atoms with Gasteiger partial charge in [0.2, 0.25) is 5.78 Å². The van der Waals surface area contributed by atoms with Gasteiger partial charge in [0.15, 0.2) is 12.3 Å². The predicted octanol–water partition coefficient (Wildman–Crippen LogP) is 2.02. The first-order valence-electron chi connectivity index (χ1n) is 7.14. The highest BCUT2D eigenvalue weighted by molar-refractivity contribution is 6.02. The molecule has 118 valence electrons. The fourth-order valence-corrected chi connectivity index (χ4v) is 2.53. The van der Waals surface area contributed by atoms with Gasteiger partial charge in [-0.25, -0.2) is 14.3 Å². The number of fused-ring (bicyclic) bond motifs is 1. The van der Waals surface area contributed by atoms with Crippen molar-refractivity contribution in [2.75, 3.05) is 6.61 Å². The second-order valence-corrected chi connectivity index (χ2v) is 5.34. The number of rotatable bonds is 4. The fraction of sp³-hybridized carbons (Fsp3) is 0.250. The SMILES string of the molecule is Cc1cc(C(=O)COC(=O)c2c(C)nn3cccnc23)c(C)[nH]1. The van der Waals surface area contributed by atoms with Gasteiger partial charge in [-0.05, 0) is 32.9 Å². The van der Waals surface area contributed by atoms with Crippen LogP contribution in [0, 0.1) is 20.8 Å². The number of esters is 1. The summed E-state index contributed by atoms with van der Waals surface area (Å²) in [4.78, 5) is 31.6. The molecule has 0 aliphatic rings. The summed E-state index contributed by atoms with van der Waals surface area (Å²) in [6.45, 7) is 5.05. The van der Waals surface area contributed by atoms with Gasteiger partial charge in [0.25, 0.3) is 0 Å². The second kappa shape index (κ2) is 5.68. The lowest BCUT2D eigenvalue weighted by Gasteiger charge is -2.03. The predicted molar refractivity (Wildman–Crippen MR) is 82.6 cm³/mol. The van der Waals surface area contributed by atoms with Gasteiger partial charge >= 0.3 is 5.97 Å². The third-order valence-electron chi connectivity index (χ3n) is 3.56. The average Bonchev–Trinajstić information content (AvgIpc) is 3.02. The monoisotopic (exact) mass is 312 g/mol. The third kappa shape index (κ3) is 2.73. The van der Waals surface area contributed by atoms with Gasteiger partial charge in [-0.1, -0.05) is 0 Å². The molecule has 0 aromatic carbocycles.